The number of allylic oxidation sites excluding steroid dienone is 1. The molecule has 0 radical (unpaired) electrons. The highest BCUT2D eigenvalue weighted by molar-refractivity contribution is 9.09. The van der Waals surface area contributed by atoms with Crippen LogP contribution < -0.4 is 5.32 Å². The molecule has 2 bridgehead atoms. The van der Waals surface area contributed by atoms with E-state index < -0.39 is 53.5 Å². The fourth-order valence-electron chi connectivity index (χ4n) is 7.35. The van der Waals surface area contributed by atoms with Gasteiger partial charge in [-0.1, -0.05) is 72.3 Å². The Morgan fingerprint density at radius 2 is 1.89 bits per heavy atom. The molecule has 3 fully saturated rings. The lowest BCUT2D eigenvalue weighted by Gasteiger charge is -2.40. The molecule has 11 heteroatoms. The van der Waals surface area contributed by atoms with Crippen molar-refractivity contribution in [3.05, 3.63) is 61.2 Å². The molecular weight excluding hydrogens is 654 g/mol. The number of nitrogens with zero attached hydrogens (tertiary/aromatic N) is 2. The van der Waals surface area contributed by atoms with Crippen molar-refractivity contribution in [3.8, 4) is 0 Å². The SMILES string of the molecule is C=CCCC(=O)OC[C@H](NC(=O)[C@@H]1[C@H]2O[C@@]3(CC2Br)[C@H](C(=O)N(CC=C)C(C)C)N([C@@H](CO)CC(C)C)C(=O)[C@@H]13)c1ccccc1. The number of hydrogen-bond donors (Lipinski definition) is 2. The molecule has 1 unspecified atom stereocenters. The molecule has 4 rings (SSSR count). The number of alkyl halides is 1. The molecule has 8 atom stereocenters. The Balaban J connectivity index is 1.72. The van der Waals surface area contributed by atoms with Gasteiger partial charge in [0.05, 0.1) is 36.6 Å². The maximum absolute atomic E-state index is 14.6. The first-order valence-electron chi connectivity index (χ1n) is 16.2. The van der Waals surface area contributed by atoms with Crippen LogP contribution in [0.25, 0.3) is 0 Å². The van der Waals surface area contributed by atoms with Gasteiger partial charge in [-0.25, -0.2) is 0 Å². The molecule has 10 nitrogen and oxygen atoms in total. The normalized spacial score (nSPS) is 27.8. The predicted octanol–water partition coefficient (Wildman–Crippen LogP) is 3.93. The summed E-state index contributed by atoms with van der Waals surface area (Å²) >= 11 is 3.73. The summed E-state index contributed by atoms with van der Waals surface area (Å²) in [6, 6.07) is 6.67. The second kappa shape index (κ2) is 15.3. The van der Waals surface area contributed by atoms with Crippen LogP contribution in [0.2, 0.25) is 0 Å². The standard InChI is InChI=1S/C35H48BrN3O7/c1-7-9-15-27(41)45-20-26(23-13-11-10-12-14-23)37-32(42)28-29-33(43)39(24(19-40)17-21(3)4)31(34(44)38(16-8-2)22(5)6)35(29)18-25(36)30(28)46-35/h7-8,10-14,21-22,24-26,28-31,40H,1-2,9,15-20H2,3-6H3,(H,37,42)/t24-,25?,26+,28+,29-,30+,31+,35-/m1/s1. The van der Waals surface area contributed by atoms with Gasteiger partial charge in [-0.2, -0.15) is 0 Å². The molecule has 3 heterocycles. The van der Waals surface area contributed by atoms with Gasteiger partial charge in [0, 0.05) is 23.8 Å². The summed E-state index contributed by atoms with van der Waals surface area (Å²) in [4.78, 5) is 58.6. The zero-order valence-electron chi connectivity index (χ0n) is 27.3. The van der Waals surface area contributed by atoms with Crippen molar-refractivity contribution in [1.82, 2.24) is 15.1 Å². The Labute approximate surface area is 280 Å². The van der Waals surface area contributed by atoms with Gasteiger partial charge < -0.3 is 29.7 Å². The average molecular weight is 703 g/mol. The van der Waals surface area contributed by atoms with Gasteiger partial charge in [-0.05, 0) is 44.6 Å². The maximum Gasteiger partial charge on any atom is 0.306 e. The monoisotopic (exact) mass is 701 g/mol. The number of ether oxygens (including phenoxy) is 2. The quantitative estimate of drug-likeness (QED) is 0.152. The van der Waals surface area contributed by atoms with Crippen molar-refractivity contribution in [1.29, 1.82) is 0 Å². The number of likely N-dealkylation sites (tertiary alicyclic amines) is 1. The summed E-state index contributed by atoms with van der Waals surface area (Å²) in [6.45, 7) is 15.1. The first-order chi connectivity index (χ1) is 21.9. The molecule has 46 heavy (non-hydrogen) atoms. The van der Waals surface area contributed by atoms with E-state index in [2.05, 4.69) is 34.4 Å². The van der Waals surface area contributed by atoms with E-state index in [4.69, 9.17) is 9.47 Å². The van der Waals surface area contributed by atoms with Crippen LogP contribution in [0.4, 0.5) is 0 Å². The lowest BCUT2D eigenvalue weighted by Crippen LogP contribution is -2.60. The minimum Gasteiger partial charge on any atom is -0.463 e. The maximum atomic E-state index is 14.6. The third kappa shape index (κ3) is 6.96. The molecule has 3 aliphatic rings. The van der Waals surface area contributed by atoms with Crippen LogP contribution in [0, 0.1) is 17.8 Å². The molecule has 252 valence electrons. The van der Waals surface area contributed by atoms with Gasteiger partial charge in [0.1, 0.15) is 18.2 Å². The van der Waals surface area contributed by atoms with Crippen LogP contribution in [0.3, 0.4) is 0 Å². The lowest BCUT2D eigenvalue weighted by molar-refractivity contribution is -0.152. The van der Waals surface area contributed by atoms with Crippen LogP contribution in [-0.4, -0.2) is 93.0 Å². The fourth-order valence-corrected chi connectivity index (χ4v) is 8.30. The summed E-state index contributed by atoms with van der Waals surface area (Å²) in [6.07, 6.45) is 4.10. The molecule has 1 spiro atoms. The molecule has 2 N–H and O–H groups in total. The Kier molecular flexibility index (Phi) is 11.9. The van der Waals surface area contributed by atoms with Crippen LogP contribution >= 0.6 is 15.9 Å². The predicted molar refractivity (Wildman–Crippen MR) is 178 cm³/mol. The number of hydrogen-bond acceptors (Lipinski definition) is 7. The van der Waals surface area contributed by atoms with Crippen molar-refractivity contribution in [2.24, 2.45) is 17.8 Å². The van der Waals surface area contributed by atoms with Crippen LogP contribution in [0.1, 0.15) is 65.0 Å². The number of nitrogens with one attached hydrogen (secondary N) is 1. The second-order valence-corrected chi connectivity index (χ2v) is 14.4. The van der Waals surface area contributed by atoms with Crippen LogP contribution in [0.5, 0.6) is 0 Å². The average Bonchev–Trinajstić information content (AvgIpc) is 3.62. The Hall–Kier alpha value is -3.02. The number of fused-ring (bicyclic) bond motifs is 1. The van der Waals surface area contributed by atoms with E-state index in [1.54, 1.807) is 17.1 Å². The van der Waals surface area contributed by atoms with Gasteiger partial charge in [0.15, 0.2) is 0 Å². The second-order valence-electron chi connectivity index (χ2n) is 13.2. The summed E-state index contributed by atoms with van der Waals surface area (Å²) in [5.74, 6) is -3.21. The van der Waals surface area contributed by atoms with Crippen molar-refractivity contribution >= 4 is 39.6 Å². The first kappa shape index (κ1) is 35.8. The van der Waals surface area contributed by atoms with Crippen molar-refractivity contribution in [2.75, 3.05) is 19.8 Å². The van der Waals surface area contributed by atoms with E-state index in [1.165, 1.54) is 4.90 Å². The number of rotatable bonds is 16. The number of esters is 1. The number of halogens is 1. The number of aliphatic hydroxyl groups excluding tert-OH is 1. The Bertz CT molecular complexity index is 1290. The van der Waals surface area contributed by atoms with Gasteiger partial charge >= 0.3 is 5.97 Å². The first-order valence-corrected chi connectivity index (χ1v) is 17.1. The summed E-state index contributed by atoms with van der Waals surface area (Å²) < 4.78 is 12.2. The number of amides is 3. The molecule has 0 aromatic heterocycles. The largest absolute Gasteiger partial charge is 0.463 e. The topological polar surface area (TPSA) is 125 Å². The molecule has 1 aromatic rings. The van der Waals surface area contributed by atoms with Gasteiger partial charge in [0.25, 0.3) is 0 Å². The smallest absolute Gasteiger partial charge is 0.306 e. The molecule has 3 aliphatic heterocycles. The number of benzene rings is 1. The molecule has 0 saturated carbocycles. The van der Waals surface area contributed by atoms with Crippen molar-refractivity contribution in [2.45, 2.75) is 94.1 Å². The fraction of sp³-hybridized carbons (Fsp3) is 0.600. The summed E-state index contributed by atoms with van der Waals surface area (Å²) in [5.41, 5.74) is -0.532. The highest BCUT2D eigenvalue weighted by Gasteiger charge is 2.77. The minimum absolute atomic E-state index is 0.0927. The van der Waals surface area contributed by atoms with Gasteiger partial charge in [-0.15, -0.1) is 13.2 Å². The molecule has 0 aliphatic carbocycles. The number of aliphatic hydroxyl groups is 1. The van der Waals surface area contributed by atoms with E-state index in [0.717, 1.165) is 5.56 Å². The zero-order chi connectivity index (χ0) is 33.8. The Morgan fingerprint density at radius 1 is 1.20 bits per heavy atom. The Morgan fingerprint density at radius 3 is 2.48 bits per heavy atom. The minimum atomic E-state index is -1.27. The lowest BCUT2D eigenvalue weighted by atomic mass is 9.70. The highest BCUT2D eigenvalue weighted by Crippen LogP contribution is 2.60. The van der Waals surface area contributed by atoms with Crippen LogP contribution in [0.15, 0.2) is 55.6 Å². The summed E-state index contributed by atoms with van der Waals surface area (Å²) in [7, 11) is 0. The third-order valence-electron chi connectivity index (χ3n) is 9.33. The van der Waals surface area contributed by atoms with Crippen molar-refractivity contribution in [3.63, 3.8) is 0 Å². The molecule has 3 amide bonds. The number of carbonyl (C=O) groups is 4. The highest BCUT2D eigenvalue weighted by atomic mass is 79.9. The van der Waals surface area contributed by atoms with E-state index in [0.29, 0.717) is 19.3 Å². The third-order valence-corrected chi connectivity index (χ3v) is 10.2. The van der Waals surface area contributed by atoms with Gasteiger partial charge in [-0.3, -0.25) is 19.2 Å². The van der Waals surface area contributed by atoms with Crippen LogP contribution in [-0.2, 0) is 28.7 Å². The zero-order valence-corrected chi connectivity index (χ0v) is 28.9. The molecular formula is C35H48BrN3O7. The van der Waals surface area contributed by atoms with E-state index >= 15 is 0 Å². The van der Waals surface area contributed by atoms with E-state index in [1.807, 2.05) is 58.0 Å². The van der Waals surface area contributed by atoms with Gasteiger partial charge in [0.2, 0.25) is 17.7 Å². The summed E-state index contributed by atoms with van der Waals surface area (Å²) in [5, 5.41) is 13.6. The number of carbonyl (C=O) groups excluding carboxylic acids is 4. The molecule has 1 aromatic carbocycles. The molecule has 3 saturated heterocycles. The van der Waals surface area contributed by atoms with Crippen molar-refractivity contribution < 1.29 is 33.8 Å². The van der Waals surface area contributed by atoms with E-state index in [-0.39, 0.29) is 54.8 Å². The van der Waals surface area contributed by atoms with E-state index in [9.17, 15) is 24.3 Å².